The fourth-order valence-corrected chi connectivity index (χ4v) is 3.06. The molecule has 3 atom stereocenters. The first-order chi connectivity index (χ1) is 9.67. The third kappa shape index (κ3) is 2.77. The molecular formula is C16H20ClNO3. The van der Waals surface area contributed by atoms with E-state index >= 15 is 0 Å². The van der Waals surface area contributed by atoms with Gasteiger partial charge in [-0.3, -0.25) is 9.59 Å². The summed E-state index contributed by atoms with van der Waals surface area (Å²) in [6.07, 6.45) is 0. The molecule has 1 aliphatic rings. The minimum Gasteiger partial charge on any atom is -0.481 e. The van der Waals surface area contributed by atoms with Gasteiger partial charge in [0.1, 0.15) is 0 Å². The van der Waals surface area contributed by atoms with Crippen molar-refractivity contribution < 1.29 is 14.7 Å². The van der Waals surface area contributed by atoms with E-state index in [2.05, 4.69) is 0 Å². The molecule has 1 aromatic carbocycles. The van der Waals surface area contributed by atoms with Crippen molar-refractivity contribution >= 4 is 23.5 Å². The third-order valence-electron chi connectivity index (χ3n) is 4.64. The van der Waals surface area contributed by atoms with Crippen LogP contribution in [0.15, 0.2) is 24.3 Å². The average Bonchev–Trinajstić information content (AvgIpc) is 3.00. The molecule has 0 aliphatic heterocycles. The fourth-order valence-electron chi connectivity index (χ4n) is 2.93. The first-order valence-corrected chi connectivity index (χ1v) is 7.30. The zero-order valence-corrected chi connectivity index (χ0v) is 13.4. The summed E-state index contributed by atoms with van der Waals surface area (Å²) < 4.78 is 0. The molecule has 3 unspecified atom stereocenters. The number of hydrogen-bond acceptors (Lipinski definition) is 2. The highest BCUT2D eigenvalue weighted by atomic mass is 35.5. The van der Waals surface area contributed by atoms with Crippen LogP contribution in [0.4, 0.5) is 0 Å². The molecule has 1 saturated carbocycles. The van der Waals surface area contributed by atoms with E-state index in [0.29, 0.717) is 5.02 Å². The van der Waals surface area contributed by atoms with Crippen molar-refractivity contribution in [2.75, 3.05) is 7.05 Å². The highest BCUT2D eigenvalue weighted by Crippen LogP contribution is 2.59. The van der Waals surface area contributed by atoms with E-state index < -0.39 is 23.2 Å². The lowest BCUT2D eigenvalue weighted by Crippen LogP contribution is -2.32. The minimum atomic E-state index is -0.897. The molecule has 21 heavy (non-hydrogen) atoms. The molecule has 0 saturated heterocycles. The second-order valence-electron chi connectivity index (χ2n) is 6.29. The Kier molecular flexibility index (Phi) is 4.02. The van der Waals surface area contributed by atoms with E-state index in [0.717, 1.165) is 5.56 Å². The monoisotopic (exact) mass is 309 g/mol. The van der Waals surface area contributed by atoms with Gasteiger partial charge in [-0.2, -0.15) is 0 Å². The maximum Gasteiger partial charge on any atom is 0.307 e. The van der Waals surface area contributed by atoms with Crippen LogP contribution in [-0.4, -0.2) is 28.9 Å². The van der Waals surface area contributed by atoms with Gasteiger partial charge in [0, 0.05) is 12.1 Å². The number of carboxylic acids is 1. The van der Waals surface area contributed by atoms with Crippen LogP contribution in [0.25, 0.3) is 0 Å². The molecule has 1 aliphatic carbocycles. The number of halogens is 1. The van der Waals surface area contributed by atoms with Crippen molar-refractivity contribution in [1.29, 1.82) is 0 Å². The van der Waals surface area contributed by atoms with Crippen molar-refractivity contribution in [1.82, 2.24) is 4.90 Å². The molecule has 0 heterocycles. The highest BCUT2D eigenvalue weighted by Gasteiger charge is 2.66. The number of carbonyl (C=O) groups is 2. The Morgan fingerprint density at radius 3 is 2.19 bits per heavy atom. The van der Waals surface area contributed by atoms with Gasteiger partial charge < -0.3 is 10.0 Å². The molecule has 114 valence electrons. The molecule has 4 nitrogen and oxygen atoms in total. The van der Waals surface area contributed by atoms with E-state index in [1.165, 1.54) is 0 Å². The smallest absolute Gasteiger partial charge is 0.307 e. The van der Waals surface area contributed by atoms with Crippen LogP contribution in [-0.2, 0) is 9.59 Å². The lowest BCUT2D eigenvalue weighted by atomic mass is 10.1. The van der Waals surface area contributed by atoms with E-state index in [-0.39, 0.29) is 11.9 Å². The van der Waals surface area contributed by atoms with Crippen LogP contribution in [0.2, 0.25) is 5.02 Å². The molecule has 5 heteroatoms. The van der Waals surface area contributed by atoms with Gasteiger partial charge in [-0.25, -0.2) is 0 Å². The molecule has 0 spiro atoms. The second kappa shape index (κ2) is 5.34. The normalized spacial score (nSPS) is 24.2. The van der Waals surface area contributed by atoms with Gasteiger partial charge in [0.2, 0.25) is 5.91 Å². The van der Waals surface area contributed by atoms with Crippen molar-refractivity contribution in [3.8, 4) is 0 Å². The van der Waals surface area contributed by atoms with E-state index in [4.69, 9.17) is 11.6 Å². The summed E-state index contributed by atoms with van der Waals surface area (Å²) in [7, 11) is 1.72. The zero-order valence-electron chi connectivity index (χ0n) is 12.6. The topological polar surface area (TPSA) is 57.6 Å². The van der Waals surface area contributed by atoms with Crippen LogP contribution >= 0.6 is 11.6 Å². The molecule has 1 aromatic rings. The van der Waals surface area contributed by atoms with E-state index in [9.17, 15) is 14.7 Å². The number of aliphatic carboxylic acids is 1. The molecular weight excluding hydrogens is 290 g/mol. The Morgan fingerprint density at radius 1 is 1.24 bits per heavy atom. The number of nitrogens with zero attached hydrogens (tertiary/aromatic N) is 1. The van der Waals surface area contributed by atoms with Crippen LogP contribution in [0, 0.1) is 17.3 Å². The third-order valence-corrected chi connectivity index (χ3v) is 4.89. The summed E-state index contributed by atoms with van der Waals surface area (Å²) in [6.45, 7) is 5.58. The Labute approximate surface area is 129 Å². The van der Waals surface area contributed by atoms with E-state index in [1.807, 2.05) is 32.9 Å². The predicted octanol–water partition coefficient (Wildman–Crippen LogP) is 3.22. The van der Waals surface area contributed by atoms with Gasteiger partial charge in [-0.05, 0) is 30.0 Å². The first kappa shape index (κ1) is 15.8. The van der Waals surface area contributed by atoms with Crippen molar-refractivity contribution in [2.24, 2.45) is 17.3 Å². The van der Waals surface area contributed by atoms with Crippen LogP contribution < -0.4 is 0 Å². The molecule has 1 amide bonds. The standard InChI is InChI=1S/C16H20ClNO3/c1-9(10-5-7-11(17)8-6-10)18(4)14(19)12-13(15(20)21)16(12,2)3/h5-9,12-13H,1-4H3,(H,20,21). The molecule has 0 radical (unpaired) electrons. The predicted molar refractivity (Wildman–Crippen MR) is 81.0 cm³/mol. The van der Waals surface area contributed by atoms with Crippen LogP contribution in [0.3, 0.4) is 0 Å². The van der Waals surface area contributed by atoms with Crippen molar-refractivity contribution in [3.05, 3.63) is 34.9 Å². The van der Waals surface area contributed by atoms with Crippen LogP contribution in [0.5, 0.6) is 0 Å². The summed E-state index contributed by atoms with van der Waals surface area (Å²) in [6, 6.07) is 7.20. The summed E-state index contributed by atoms with van der Waals surface area (Å²) >= 11 is 5.86. The van der Waals surface area contributed by atoms with Crippen molar-refractivity contribution in [3.63, 3.8) is 0 Å². The number of hydrogen-bond donors (Lipinski definition) is 1. The molecule has 0 bridgehead atoms. The SMILES string of the molecule is CC(c1ccc(Cl)cc1)N(C)C(=O)C1C(C(=O)O)C1(C)C. The lowest BCUT2D eigenvalue weighted by molar-refractivity contribution is -0.142. The fraction of sp³-hybridized carbons (Fsp3) is 0.500. The molecule has 0 aromatic heterocycles. The van der Waals surface area contributed by atoms with Gasteiger partial charge in [-0.15, -0.1) is 0 Å². The number of rotatable bonds is 4. The average molecular weight is 310 g/mol. The molecule has 1 fully saturated rings. The maximum absolute atomic E-state index is 12.6. The van der Waals surface area contributed by atoms with Gasteiger partial charge in [-0.1, -0.05) is 37.6 Å². The number of carboxylic acid groups (broad SMARTS) is 1. The van der Waals surface area contributed by atoms with Gasteiger partial charge >= 0.3 is 5.97 Å². The second-order valence-corrected chi connectivity index (χ2v) is 6.73. The largest absolute Gasteiger partial charge is 0.481 e. The van der Waals surface area contributed by atoms with Gasteiger partial charge in [0.15, 0.2) is 0 Å². The molecule has 1 N–H and O–H groups in total. The highest BCUT2D eigenvalue weighted by molar-refractivity contribution is 6.30. The Hall–Kier alpha value is -1.55. The summed E-state index contributed by atoms with van der Waals surface area (Å²) in [5.74, 6) is -2.06. The lowest BCUT2D eigenvalue weighted by Gasteiger charge is -2.26. The minimum absolute atomic E-state index is 0.116. The van der Waals surface area contributed by atoms with Gasteiger partial charge in [0.25, 0.3) is 0 Å². The Morgan fingerprint density at radius 2 is 1.76 bits per heavy atom. The first-order valence-electron chi connectivity index (χ1n) is 6.93. The van der Waals surface area contributed by atoms with Crippen molar-refractivity contribution in [2.45, 2.75) is 26.8 Å². The maximum atomic E-state index is 12.6. The summed E-state index contributed by atoms with van der Waals surface area (Å²) in [4.78, 5) is 25.4. The number of carbonyl (C=O) groups excluding carboxylic acids is 1. The number of amides is 1. The quantitative estimate of drug-likeness (QED) is 0.929. The number of benzene rings is 1. The van der Waals surface area contributed by atoms with Gasteiger partial charge in [0.05, 0.1) is 17.9 Å². The van der Waals surface area contributed by atoms with E-state index in [1.54, 1.807) is 24.1 Å². The summed E-state index contributed by atoms with van der Waals surface area (Å²) in [5, 5.41) is 9.84. The summed E-state index contributed by atoms with van der Waals surface area (Å²) in [5.41, 5.74) is 0.497. The van der Waals surface area contributed by atoms with Crippen LogP contribution in [0.1, 0.15) is 32.4 Å². The Bertz CT molecular complexity index is 567. The molecule has 2 rings (SSSR count). The Balaban J connectivity index is 2.13. The zero-order chi connectivity index (χ0) is 15.9.